The van der Waals surface area contributed by atoms with E-state index in [1.165, 1.54) is 43.6 Å². The summed E-state index contributed by atoms with van der Waals surface area (Å²) in [4.78, 5) is 0. The second-order valence-electron chi connectivity index (χ2n) is 7.64. The van der Waals surface area contributed by atoms with E-state index in [0.29, 0.717) is 5.04 Å². The van der Waals surface area contributed by atoms with Crippen LogP contribution in [0.25, 0.3) is 0 Å². The van der Waals surface area contributed by atoms with E-state index < -0.39 is 8.80 Å². The van der Waals surface area contributed by atoms with Gasteiger partial charge in [0.25, 0.3) is 0 Å². The van der Waals surface area contributed by atoms with Gasteiger partial charge in [0.05, 0.1) is 8.80 Å². The van der Waals surface area contributed by atoms with Crippen molar-refractivity contribution in [2.45, 2.75) is 77.7 Å². The fourth-order valence-corrected chi connectivity index (χ4v) is 6.38. The third-order valence-electron chi connectivity index (χ3n) is 3.65. The Morgan fingerprint density at radius 3 is 1.95 bits per heavy atom. The predicted octanol–water partition coefficient (Wildman–Crippen LogP) is 4.38. The van der Waals surface area contributed by atoms with Crippen molar-refractivity contribution < 1.29 is 0 Å². The molecule has 0 saturated carbocycles. The van der Waals surface area contributed by atoms with Crippen LogP contribution in [0.1, 0.15) is 47.5 Å². The first-order valence-corrected chi connectivity index (χ1v) is 13.3. The van der Waals surface area contributed by atoms with Gasteiger partial charge in [0, 0.05) is 8.80 Å². The van der Waals surface area contributed by atoms with Gasteiger partial charge >= 0.3 is 0 Å². The summed E-state index contributed by atoms with van der Waals surface area (Å²) < 4.78 is 0. The van der Waals surface area contributed by atoms with Crippen LogP contribution in [0, 0.1) is 0 Å². The molecule has 0 heterocycles. The lowest BCUT2D eigenvalue weighted by Crippen LogP contribution is -2.26. The minimum Gasteiger partial charge on any atom is -0.317 e. The molecule has 0 radical (unpaired) electrons. The summed E-state index contributed by atoms with van der Waals surface area (Å²) in [6.07, 6.45) is 2.75. The molecule has 0 aromatic heterocycles. The van der Waals surface area contributed by atoms with Gasteiger partial charge in [0.1, 0.15) is 0 Å². The average Bonchev–Trinajstić information content (AvgIpc) is 2.23. The highest BCUT2D eigenvalue weighted by atomic mass is 28.3. The Morgan fingerprint density at radius 1 is 1.00 bits per heavy atom. The smallest absolute Gasteiger partial charge is 0.0667 e. The van der Waals surface area contributed by atoms with E-state index in [9.17, 15) is 0 Å². The molecule has 0 spiro atoms. The van der Waals surface area contributed by atoms with Gasteiger partial charge in [-0.15, -0.1) is 0 Å². The van der Waals surface area contributed by atoms with Crippen molar-refractivity contribution in [3.63, 3.8) is 0 Å². The lowest BCUT2D eigenvalue weighted by Gasteiger charge is -2.27. The van der Waals surface area contributed by atoms with Crippen LogP contribution >= 0.6 is 0 Å². The van der Waals surface area contributed by atoms with E-state index in [1.807, 2.05) is 0 Å². The fraction of sp³-hybridized carbons (Fsp3) is 0.875. The zero-order chi connectivity index (χ0) is 14.9. The van der Waals surface area contributed by atoms with E-state index in [2.05, 4.69) is 58.7 Å². The molecule has 0 amide bonds. The summed E-state index contributed by atoms with van der Waals surface area (Å²) >= 11 is 0. The molecule has 19 heavy (non-hydrogen) atoms. The van der Waals surface area contributed by atoms with Gasteiger partial charge in [-0.1, -0.05) is 57.2 Å². The van der Waals surface area contributed by atoms with Gasteiger partial charge in [-0.3, -0.25) is 0 Å². The van der Waals surface area contributed by atoms with Crippen LogP contribution in [0.3, 0.4) is 0 Å². The molecule has 0 aromatic rings. The van der Waals surface area contributed by atoms with E-state index in [-0.39, 0.29) is 8.80 Å². The summed E-state index contributed by atoms with van der Waals surface area (Å²) in [7, 11) is -1.08. The number of hydrogen-bond acceptors (Lipinski definition) is 1. The highest BCUT2D eigenvalue weighted by Crippen LogP contribution is 2.31. The molecular weight excluding hydrogens is 262 g/mol. The highest BCUT2D eigenvalue weighted by Gasteiger charge is 2.23. The number of allylic oxidation sites excluding steroid dienone is 1. The number of rotatable bonds is 9. The molecular formula is C16H37NSi2. The Morgan fingerprint density at radius 2 is 1.53 bits per heavy atom. The molecule has 0 aliphatic heterocycles. The van der Waals surface area contributed by atoms with Crippen molar-refractivity contribution in [3.8, 4) is 0 Å². The summed E-state index contributed by atoms with van der Waals surface area (Å²) in [6.45, 7) is 19.1. The Balaban J connectivity index is 3.80. The maximum Gasteiger partial charge on any atom is 0.0667 e. The molecule has 0 saturated heterocycles. The normalized spacial score (nSPS) is 13.7. The van der Waals surface area contributed by atoms with Gasteiger partial charge < -0.3 is 5.32 Å². The standard InChI is InChI=1S/C16H37NSi2/c1-15(2)14-19(16(3,4)5)13-9-11-17-10-8-12-18(6)7/h14,17-19H,8-13H2,1-7H3. The molecule has 0 aliphatic rings. The van der Waals surface area contributed by atoms with Crippen molar-refractivity contribution in [2.75, 3.05) is 13.1 Å². The maximum atomic E-state index is 3.62. The van der Waals surface area contributed by atoms with Crippen molar-refractivity contribution in [2.24, 2.45) is 0 Å². The molecule has 0 rings (SSSR count). The van der Waals surface area contributed by atoms with E-state index in [0.717, 1.165) is 0 Å². The minimum atomic E-state index is -0.750. The first-order valence-electron chi connectivity index (χ1n) is 8.09. The Hall–Kier alpha value is 0.134. The number of nitrogens with one attached hydrogen (secondary N) is 1. The van der Waals surface area contributed by atoms with Crippen LogP contribution in [0.5, 0.6) is 0 Å². The SMILES string of the molecule is CC(C)=C[SiH](CCCNCCC[SiH](C)C)C(C)(C)C. The van der Waals surface area contributed by atoms with Crippen LogP contribution < -0.4 is 5.32 Å². The minimum absolute atomic E-state index is 0.326. The zero-order valence-electron chi connectivity index (χ0n) is 14.5. The quantitative estimate of drug-likeness (QED) is 0.492. The van der Waals surface area contributed by atoms with Gasteiger partial charge in [-0.25, -0.2) is 0 Å². The Bertz CT molecular complexity index is 250. The molecule has 114 valence electrons. The molecule has 1 atom stereocenters. The van der Waals surface area contributed by atoms with Gasteiger partial charge in [-0.05, 0) is 44.8 Å². The number of hydrogen-bond donors (Lipinski definition) is 1. The summed E-state index contributed by atoms with van der Waals surface area (Å²) in [5.74, 6) is 0. The van der Waals surface area contributed by atoms with Gasteiger partial charge in [0.2, 0.25) is 0 Å². The monoisotopic (exact) mass is 299 g/mol. The third kappa shape index (κ3) is 11.6. The van der Waals surface area contributed by atoms with E-state index in [4.69, 9.17) is 0 Å². The Labute approximate surface area is 125 Å². The Kier molecular flexibility index (Phi) is 10.0. The fourth-order valence-electron chi connectivity index (χ4n) is 2.38. The molecule has 1 N–H and O–H groups in total. The molecule has 0 bridgehead atoms. The van der Waals surface area contributed by atoms with E-state index >= 15 is 0 Å². The molecule has 0 fully saturated rings. The lowest BCUT2D eigenvalue weighted by atomic mass is 10.2. The molecule has 0 aliphatic carbocycles. The summed E-state index contributed by atoms with van der Waals surface area (Å²) in [5, 5.41) is 4.15. The topological polar surface area (TPSA) is 12.0 Å². The first-order chi connectivity index (χ1) is 8.73. The van der Waals surface area contributed by atoms with Crippen LogP contribution in [-0.2, 0) is 0 Å². The predicted molar refractivity (Wildman–Crippen MR) is 96.9 cm³/mol. The van der Waals surface area contributed by atoms with Crippen LogP contribution in [0.4, 0.5) is 0 Å². The van der Waals surface area contributed by atoms with Crippen molar-refractivity contribution in [1.29, 1.82) is 0 Å². The maximum absolute atomic E-state index is 3.62. The van der Waals surface area contributed by atoms with Gasteiger partial charge in [0.15, 0.2) is 0 Å². The highest BCUT2D eigenvalue weighted by molar-refractivity contribution is 6.67. The molecule has 1 nitrogen and oxygen atoms in total. The summed E-state index contributed by atoms with van der Waals surface area (Å²) in [6, 6.07) is 2.94. The summed E-state index contributed by atoms with van der Waals surface area (Å²) in [5.41, 5.74) is 4.12. The van der Waals surface area contributed by atoms with Crippen LogP contribution in [-0.4, -0.2) is 30.7 Å². The van der Waals surface area contributed by atoms with Gasteiger partial charge in [-0.2, -0.15) is 0 Å². The van der Waals surface area contributed by atoms with Crippen molar-refractivity contribution in [1.82, 2.24) is 5.32 Å². The van der Waals surface area contributed by atoms with E-state index in [1.54, 1.807) is 0 Å². The first kappa shape index (κ1) is 19.1. The zero-order valence-corrected chi connectivity index (χ0v) is 16.8. The van der Waals surface area contributed by atoms with Crippen molar-refractivity contribution in [3.05, 3.63) is 11.3 Å². The third-order valence-corrected chi connectivity index (χ3v) is 9.54. The largest absolute Gasteiger partial charge is 0.317 e. The van der Waals surface area contributed by atoms with Crippen molar-refractivity contribution >= 4 is 17.6 Å². The second kappa shape index (κ2) is 9.95. The molecule has 1 unspecified atom stereocenters. The molecule has 3 heteroatoms. The lowest BCUT2D eigenvalue weighted by molar-refractivity contribution is 0.651. The average molecular weight is 300 g/mol. The molecule has 0 aromatic carbocycles. The van der Waals surface area contributed by atoms with Crippen LogP contribution in [0.2, 0.25) is 30.2 Å². The second-order valence-corrected chi connectivity index (χ2v) is 14.9. The van der Waals surface area contributed by atoms with Crippen LogP contribution in [0.15, 0.2) is 11.3 Å².